The second-order valence-corrected chi connectivity index (χ2v) is 14.1. The van der Waals surface area contributed by atoms with Gasteiger partial charge >= 0.3 is 5.97 Å². The van der Waals surface area contributed by atoms with Crippen LogP contribution >= 0.6 is 0 Å². The molecule has 5 fully saturated rings. The average molecular weight is 615 g/mol. The summed E-state index contributed by atoms with van der Waals surface area (Å²) in [5.74, 6) is -4.89. The van der Waals surface area contributed by atoms with Gasteiger partial charge in [0.25, 0.3) is 0 Å². The van der Waals surface area contributed by atoms with Crippen molar-refractivity contribution in [1.82, 2.24) is 0 Å². The number of allylic oxidation sites excluding steroid dienone is 3. The Morgan fingerprint density at radius 2 is 1.70 bits per heavy atom. The summed E-state index contributed by atoms with van der Waals surface area (Å²) in [4.78, 5) is 13.6. The van der Waals surface area contributed by atoms with Crippen molar-refractivity contribution in [2.45, 2.75) is 138 Å². The lowest BCUT2D eigenvalue weighted by atomic mass is 9.53. The normalized spacial score (nSPS) is 48.4. The van der Waals surface area contributed by atoms with E-state index in [-0.39, 0.29) is 5.57 Å². The third kappa shape index (κ3) is 4.16. The summed E-state index contributed by atoms with van der Waals surface area (Å²) in [6.45, 7) is 11.0. The Labute approximate surface area is 260 Å². The molecule has 3 bridgehead atoms. The number of epoxide rings is 1. The van der Waals surface area contributed by atoms with Crippen LogP contribution in [0.5, 0.6) is 0 Å². The Morgan fingerprint density at radius 1 is 1.02 bits per heavy atom. The van der Waals surface area contributed by atoms with E-state index < -0.39 is 82.9 Å². The smallest absolute Gasteiger partial charge is 0.306 e. The van der Waals surface area contributed by atoms with Crippen LogP contribution in [0, 0.1) is 17.8 Å². The molecule has 0 aromatic rings. The standard InChI is InChI=1S/C35H50O9/c1-6-7-8-9-10-11-12-13-14-15-16-17-18-32-42-29-25-28-31(20-36,41-28)30(39)33(40)24(19-22(4)26(33)37)35(25,44-32)23(5)27(38)34(29,43-32)21(2)3/h15-19,23-25,27-30,36,38-40H,2,6-14,20H2,1,3-5H3/b16-15+,18-17+/t23-,24?,25?,27-,28+,29?,30-,31+,32?,33-,34+,35?/m1/s1. The van der Waals surface area contributed by atoms with Crippen molar-refractivity contribution < 1.29 is 44.2 Å². The van der Waals surface area contributed by atoms with E-state index in [1.807, 2.05) is 6.08 Å². The minimum absolute atomic E-state index is 0.270. The van der Waals surface area contributed by atoms with E-state index in [0.717, 1.165) is 12.8 Å². The van der Waals surface area contributed by atoms with Crippen LogP contribution in [0.15, 0.2) is 48.1 Å². The minimum atomic E-state index is -2.34. The highest BCUT2D eigenvalue weighted by Gasteiger charge is 2.89. The molecule has 9 heteroatoms. The van der Waals surface area contributed by atoms with Gasteiger partial charge in [-0.3, -0.25) is 4.79 Å². The zero-order chi connectivity index (χ0) is 31.7. The van der Waals surface area contributed by atoms with Crippen molar-refractivity contribution in [2.24, 2.45) is 17.8 Å². The maximum atomic E-state index is 13.6. The first-order valence-corrected chi connectivity index (χ1v) is 16.6. The summed E-state index contributed by atoms with van der Waals surface area (Å²) in [5, 5.41) is 46.2. The van der Waals surface area contributed by atoms with Crippen molar-refractivity contribution in [3.05, 3.63) is 48.1 Å². The van der Waals surface area contributed by atoms with Crippen LogP contribution in [0.4, 0.5) is 0 Å². The number of ether oxygens (including phenoxy) is 4. The van der Waals surface area contributed by atoms with Crippen LogP contribution in [0.3, 0.4) is 0 Å². The number of carbonyl (C=O) groups excluding carboxylic acids is 1. The molecule has 3 aliphatic carbocycles. The van der Waals surface area contributed by atoms with Gasteiger partial charge in [0, 0.05) is 23.8 Å². The van der Waals surface area contributed by atoms with Gasteiger partial charge in [0.15, 0.2) is 11.4 Å². The summed E-state index contributed by atoms with van der Waals surface area (Å²) >= 11 is 0. The number of ketones is 1. The van der Waals surface area contributed by atoms with Crippen LogP contribution < -0.4 is 0 Å². The van der Waals surface area contributed by atoms with E-state index in [1.54, 1.807) is 39.0 Å². The summed E-state index contributed by atoms with van der Waals surface area (Å²) < 4.78 is 26.2. The Kier molecular flexibility index (Phi) is 8.23. The fourth-order valence-corrected chi connectivity index (χ4v) is 9.21. The van der Waals surface area contributed by atoms with Gasteiger partial charge < -0.3 is 39.4 Å². The molecule has 0 spiro atoms. The van der Waals surface area contributed by atoms with Gasteiger partial charge in [-0.15, -0.1) is 0 Å². The predicted octanol–water partition coefficient (Wildman–Crippen LogP) is 3.79. The number of carbonyl (C=O) groups is 1. The van der Waals surface area contributed by atoms with E-state index in [2.05, 4.69) is 19.6 Å². The molecule has 6 aliphatic rings. The largest absolute Gasteiger partial charge is 0.393 e. The Balaban J connectivity index is 1.30. The number of hydrogen-bond donors (Lipinski definition) is 4. The van der Waals surface area contributed by atoms with Crippen LogP contribution in [-0.2, 0) is 23.7 Å². The van der Waals surface area contributed by atoms with Crippen molar-refractivity contribution >= 4 is 5.78 Å². The van der Waals surface area contributed by atoms with Crippen molar-refractivity contribution in [3.63, 3.8) is 0 Å². The summed E-state index contributed by atoms with van der Waals surface area (Å²) in [5.41, 5.74) is -5.98. The highest BCUT2D eigenvalue weighted by molar-refractivity contribution is 6.05. The van der Waals surface area contributed by atoms with E-state index in [9.17, 15) is 25.2 Å². The highest BCUT2D eigenvalue weighted by Crippen LogP contribution is 2.72. The van der Waals surface area contributed by atoms with Crippen LogP contribution in [0.1, 0.15) is 85.5 Å². The summed E-state index contributed by atoms with van der Waals surface area (Å²) in [7, 11) is 0. The van der Waals surface area contributed by atoms with Gasteiger partial charge in [0.1, 0.15) is 29.5 Å². The Hall–Kier alpha value is -1.69. The van der Waals surface area contributed by atoms with Gasteiger partial charge in [0.2, 0.25) is 0 Å². The molecule has 3 saturated heterocycles. The minimum Gasteiger partial charge on any atom is -0.393 e. The third-order valence-corrected chi connectivity index (χ3v) is 11.6. The SMILES string of the molecule is C=C(C)[C@@]12OC3(/C=C/C=C/CCCCCCCCCC)OC1C1[C@@H]4O[C@]4(CO)[C@@H](O)[C@]4(O)C(=O)C(C)=CC4C1(O3)[C@H](C)[C@H]2O. The number of aliphatic hydroxyl groups is 4. The molecule has 12 atom stereocenters. The number of hydrogen-bond acceptors (Lipinski definition) is 9. The lowest BCUT2D eigenvalue weighted by Crippen LogP contribution is -2.76. The zero-order valence-electron chi connectivity index (χ0n) is 26.5. The van der Waals surface area contributed by atoms with Crippen LogP contribution in [0.25, 0.3) is 0 Å². The molecule has 0 aromatic heterocycles. The second kappa shape index (κ2) is 11.2. The van der Waals surface area contributed by atoms with Crippen LogP contribution in [0.2, 0.25) is 0 Å². The molecule has 3 aliphatic heterocycles. The summed E-state index contributed by atoms with van der Waals surface area (Å²) in [6, 6.07) is 0. The first-order valence-electron chi connectivity index (χ1n) is 16.6. The molecular weight excluding hydrogens is 564 g/mol. The van der Waals surface area contributed by atoms with Gasteiger partial charge in [0.05, 0.1) is 18.3 Å². The molecule has 4 N–H and O–H groups in total. The van der Waals surface area contributed by atoms with E-state index >= 15 is 0 Å². The number of rotatable bonds is 13. The Bertz CT molecular complexity index is 1260. The number of Topliss-reactive ketones (excluding diaryl/α,β-unsaturated/α-hetero) is 1. The van der Waals surface area contributed by atoms with Crippen molar-refractivity contribution in [3.8, 4) is 0 Å². The maximum absolute atomic E-state index is 13.6. The molecule has 0 aromatic carbocycles. The molecule has 3 heterocycles. The van der Waals surface area contributed by atoms with Crippen LogP contribution in [-0.4, -0.2) is 85.6 Å². The molecule has 6 rings (SSSR count). The molecule has 44 heavy (non-hydrogen) atoms. The molecule has 0 radical (unpaired) electrons. The molecule has 5 unspecified atom stereocenters. The monoisotopic (exact) mass is 614 g/mol. The molecular formula is C35H50O9. The number of aliphatic hydroxyl groups excluding tert-OH is 3. The highest BCUT2D eigenvalue weighted by atomic mass is 16.9. The van der Waals surface area contributed by atoms with Gasteiger partial charge in [-0.1, -0.05) is 89.7 Å². The topological polar surface area (TPSA) is 138 Å². The summed E-state index contributed by atoms with van der Waals surface area (Å²) in [6.07, 6.45) is 15.5. The fourth-order valence-electron chi connectivity index (χ4n) is 9.21. The number of fused-ring (bicyclic) bond motifs is 3. The van der Waals surface area contributed by atoms with E-state index in [0.29, 0.717) is 5.57 Å². The fraction of sp³-hybridized carbons (Fsp3) is 0.743. The van der Waals surface area contributed by atoms with Gasteiger partial charge in [-0.25, -0.2) is 0 Å². The molecule has 2 saturated carbocycles. The van der Waals surface area contributed by atoms with E-state index in [1.165, 1.54) is 44.9 Å². The van der Waals surface area contributed by atoms with Crippen molar-refractivity contribution in [2.75, 3.05) is 6.61 Å². The third-order valence-electron chi connectivity index (χ3n) is 11.6. The Morgan fingerprint density at radius 3 is 2.36 bits per heavy atom. The van der Waals surface area contributed by atoms with E-state index in [4.69, 9.17) is 18.9 Å². The zero-order valence-corrected chi connectivity index (χ0v) is 26.5. The lowest BCUT2D eigenvalue weighted by molar-refractivity contribution is -0.407. The first-order chi connectivity index (χ1) is 20.9. The van der Waals surface area contributed by atoms with Crippen molar-refractivity contribution in [1.29, 1.82) is 0 Å². The second-order valence-electron chi connectivity index (χ2n) is 14.1. The quantitative estimate of drug-likeness (QED) is 0.106. The van der Waals surface area contributed by atoms with Gasteiger partial charge in [-0.05, 0) is 37.8 Å². The first kappa shape index (κ1) is 32.3. The average Bonchev–Trinajstić information content (AvgIpc) is 3.62. The predicted molar refractivity (Wildman–Crippen MR) is 162 cm³/mol. The lowest BCUT2D eigenvalue weighted by Gasteiger charge is -2.60. The molecule has 0 amide bonds. The molecule has 9 nitrogen and oxygen atoms in total. The van der Waals surface area contributed by atoms with Gasteiger partial charge in [-0.2, -0.15) is 0 Å². The maximum Gasteiger partial charge on any atom is 0.306 e. The molecule has 244 valence electrons. The number of unbranched alkanes of at least 4 members (excludes halogenated alkanes) is 8.